The molecule has 2 aromatic heterocycles. The van der Waals surface area contributed by atoms with Crippen molar-refractivity contribution in [2.45, 2.75) is 39.3 Å². The molecule has 0 aliphatic carbocycles. The van der Waals surface area contributed by atoms with Gasteiger partial charge in [0.2, 0.25) is 0 Å². The van der Waals surface area contributed by atoms with Crippen molar-refractivity contribution in [2.24, 2.45) is 5.92 Å². The second-order valence-electron chi connectivity index (χ2n) is 6.95. The van der Waals surface area contributed by atoms with Crippen molar-refractivity contribution < 1.29 is 4.63 Å². The smallest absolute Gasteiger partial charge is 0.266 e. The highest BCUT2D eigenvalue weighted by Crippen LogP contribution is 2.20. The van der Waals surface area contributed by atoms with E-state index in [0.29, 0.717) is 12.5 Å². The van der Waals surface area contributed by atoms with Gasteiger partial charge in [0.1, 0.15) is 5.69 Å². The van der Waals surface area contributed by atoms with Crippen LogP contribution in [-0.2, 0) is 18.5 Å². The molecule has 0 spiro atoms. The van der Waals surface area contributed by atoms with Gasteiger partial charge in [-0.15, -0.1) is 0 Å². The standard InChI is InChI=1S/C15H21N5O2/c1-15(2,3)13-4-5-14(21)20(17-13)9-11-7-19(8-11)10-12-6-16-22-18-12/h4-6,11H,7-10H2,1-3H3. The van der Waals surface area contributed by atoms with Gasteiger partial charge in [-0.25, -0.2) is 9.31 Å². The van der Waals surface area contributed by atoms with Crippen molar-refractivity contribution in [3.8, 4) is 0 Å². The third-order valence-corrected chi connectivity index (χ3v) is 3.89. The van der Waals surface area contributed by atoms with Gasteiger partial charge in [0, 0.05) is 37.0 Å². The van der Waals surface area contributed by atoms with E-state index in [2.05, 4.69) is 45.7 Å². The fraction of sp³-hybridized carbons (Fsp3) is 0.600. The van der Waals surface area contributed by atoms with Gasteiger partial charge in [0.25, 0.3) is 5.56 Å². The summed E-state index contributed by atoms with van der Waals surface area (Å²) in [5.41, 5.74) is 1.69. The first-order valence-corrected chi connectivity index (χ1v) is 7.49. The lowest BCUT2D eigenvalue weighted by atomic mass is 9.92. The van der Waals surface area contributed by atoms with Crippen molar-refractivity contribution in [1.82, 2.24) is 25.0 Å². The Balaban J connectivity index is 1.60. The molecule has 22 heavy (non-hydrogen) atoms. The Kier molecular flexibility index (Phi) is 3.82. The molecule has 2 aromatic rings. The first kappa shape index (κ1) is 14.9. The Morgan fingerprint density at radius 3 is 2.73 bits per heavy atom. The SMILES string of the molecule is CC(C)(C)c1ccc(=O)n(CC2CN(Cc3cnon3)C2)n1. The van der Waals surface area contributed by atoms with E-state index < -0.39 is 0 Å². The van der Waals surface area contributed by atoms with E-state index in [-0.39, 0.29) is 11.0 Å². The Bertz CT molecular complexity index is 681. The van der Waals surface area contributed by atoms with E-state index in [1.54, 1.807) is 16.9 Å². The van der Waals surface area contributed by atoms with Crippen LogP contribution in [0.3, 0.4) is 0 Å². The minimum absolute atomic E-state index is 0.0350. The molecule has 0 saturated carbocycles. The molecule has 0 bridgehead atoms. The number of hydrogen-bond acceptors (Lipinski definition) is 6. The zero-order chi connectivity index (χ0) is 15.7. The molecule has 7 nitrogen and oxygen atoms in total. The largest absolute Gasteiger partial charge is 0.297 e. The van der Waals surface area contributed by atoms with Crippen LogP contribution in [0, 0.1) is 5.92 Å². The van der Waals surface area contributed by atoms with Gasteiger partial charge in [-0.05, 0) is 6.07 Å². The fourth-order valence-corrected chi connectivity index (χ4v) is 2.63. The monoisotopic (exact) mass is 303 g/mol. The Morgan fingerprint density at radius 1 is 1.32 bits per heavy atom. The Hall–Kier alpha value is -2.02. The van der Waals surface area contributed by atoms with Crippen LogP contribution >= 0.6 is 0 Å². The van der Waals surface area contributed by atoms with Crippen molar-refractivity contribution >= 4 is 0 Å². The first-order valence-electron chi connectivity index (χ1n) is 7.49. The number of rotatable bonds is 4. The summed E-state index contributed by atoms with van der Waals surface area (Å²) in [6.45, 7) is 9.56. The molecular weight excluding hydrogens is 282 g/mol. The molecule has 1 aliphatic rings. The Labute approximate surface area is 128 Å². The van der Waals surface area contributed by atoms with E-state index in [4.69, 9.17) is 0 Å². The minimum Gasteiger partial charge on any atom is -0.297 e. The molecule has 3 heterocycles. The molecule has 0 N–H and O–H groups in total. The van der Waals surface area contributed by atoms with Gasteiger partial charge >= 0.3 is 0 Å². The summed E-state index contributed by atoms with van der Waals surface area (Å²) >= 11 is 0. The van der Waals surface area contributed by atoms with Gasteiger partial charge < -0.3 is 0 Å². The van der Waals surface area contributed by atoms with Gasteiger partial charge in [0.15, 0.2) is 0 Å². The number of aromatic nitrogens is 4. The van der Waals surface area contributed by atoms with Crippen molar-refractivity contribution in [3.63, 3.8) is 0 Å². The van der Waals surface area contributed by atoms with Crippen LogP contribution in [0.1, 0.15) is 32.2 Å². The second kappa shape index (κ2) is 5.64. The van der Waals surface area contributed by atoms with Gasteiger partial charge in [-0.2, -0.15) is 5.10 Å². The topological polar surface area (TPSA) is 77.0 Å². The molecular formula is C15H21N5O2. The highest BCUT2D eigenvalue weighted by atomic mass is 16.6. The molecule has 7 heteroatoms. The fourth-order valence-electron chi connectivity index (χ4n) is 2.63. The Morgan fingerprint density at radius 2 is 2.09 bits per heavy atom. The van der Waals surface area contributed by atoms with Crippen LogP contribution in [-0.4, -0.2) is 38.1 Å². The summed E-state index contributed by atoms with van der Waals surface area (Å²) in [4.78, 5) is 14.2. The van der Waals surface area contributed by atoms with Crippen LogP contribution in [0.4, 0.5) is 0 Å². The van der Waals surface area contributed by atoms with E-state index in [1.165, 1.54) is 0 Å². The summed E-state index contributed by atoms with van der Waals surface area (Å²) in [7, 11) is 0. The summed E-state index contributed by atoms with van der Waals surface area (Å²) in [6, 6.07) is 3.44. The molecule has 118 valence electrons. The van der Waals surface area contributed by atoms with E-state index in [1.807, 2.05) is 6.07 Å². The van der Waals surface area contributed by atoms with Crippen LogP contribution in [0.15, 0.2) is 27.8 Å². The highest BCUT2D eigenvalue weighted by molar-refractivity contribution is 5.10. The number of hydrogen-bond donors (Lipinski definition) is 0. The lowest BCUT2D eigenvalue weighted by molar-refractivity contribution is 0.0739. The number of likely N-dealkylation sites (tertiary alicyclic amines) is 1. The molecule has 1 aliphatic heterocycles. The maximum absolute atomic E-state index is 12.0. The third kappa shape index (κ3) is 3.24. The predicted octanol–water partition coefficient (Wildman–Crippen LogP) is 1.06. The lowest BCUT2D eigenvalue weighted by Crippen LogP contribution is -2.49. The van der Waals surface area contributed by atoms with Crippen LogP contribution in [0.25, 0.3) is 0 Å². The van der Waals surface area contributed by atoms with E-state index in [0.717, 1.165) is 31.0 Å². The number of nitrogens with zero attached hydrogens (tertiary/aromatic N) is 5. The second-order valence-corrected chi connectivity index (χ2v) is 6.95. The first-order chi connectivity index (χ1) is 10.4. The maximum atomic E-state index is 12.0. The highest BCUT2D eigenvalue weighted by Gasteiger charge is 2.28. The van der Waals surface area contributed by atoms with Gasteiger partial charge in [0.05, 0.1) is 18.4 Å². The predicted molar refractivity (Wildman–Crippen MR) is 80.3 cm³/mol. The zero-order valence-electron chi connectivity index (χ0n) is 13.2. The minimum atomic E-state index is -0.0545. The molecule has 0 radical (unpaired) electrons. The summed E-state index contributed by atoms with van der Waals surface area (Å²) in [5.74, 6) is 0.445. The van der Waals surface area contributed by atoms with Gasteiger partial charge in [-0.3, -0.25) is 9.69 Å². The van der Waals surface area contributed by atoms with Crippen LogP contribution in [0.2, 0.25) is 0 Å². The van der Waals surface area contributed by atoms with Crippen molar-refractivity contribution in [2.75, 3.05) is 13.1 Å². The average Bonchev–Trinajstić information content (AvgIpc) is 2.90. The van der Waals surface area contributed by atoms with Crippen LogP contribution < -0.4 is 5.56 Å². The van der Waals surface area contributed by atoms with Crippen molar-refractivity contribution in [3.05, 3.63) is 40.1 Å². The molecule has 0 aromatic carbocycles. The lowest BCUT2D eigenvalue weighted by Gasteiger charge is -2.38. The van der Waals surface area contributed by atoms with E-state index >= 15 is 0 Å². The maximum Gasteiger partial charge on any atom is 0.266 e. The quantitative estimate of drug-likeness (QED) is 0.840. The molecule has 0 amide bonds. The molecule has 1 fully saturated rings. The normalized spacial score (nSPS) is 16.7. The van der Waals surface area contributed by atoms with Crippen molar-refractivity contribution in [1.29, 1.82) is 0 Å². The van der Waals surface area contributed by atoms with Crippen LogP contribution in [0.5, 0.6) is 0 Å². The zero-order valence-corrected chi connectivity index (χ0v) is 13.2. The molecule has 3 rings (SSSR count). The summed E-state index contributed by atoms with van der Waals surface area (Å²) < 4.78 is 6.18. The molecule has 0 unspecified atom stereocenters. The third-order valence-electron chi connectivity index (χ3n) is 3.89. The summed E-state index contributed by atoms with van der Waals surface area (Å²) in [6.07, 6.45) is 1.63. The summed E-state index contributed by atoms with van der Waals surface area (Å²) in [5, 5.41) is 11.9. The average molecular weight is 303 g/mol. The molecule has 0 atom stereocenters. The van der Waals surface area contributed by atoms with E-state index in [9.17, 15) is 4.79 Å². The molecule has 1 saturated heterocycles. The van der Waals surface area contributed by atoms with Gasteiger partial charge in [-0.1, -0.05) is 31.1 Å².